The van der Waals surface area contributed by atoms with Crippen molar-refractivity contribution in [3.05, 3.63) is 84.2 Å². The molecule has 1 aromatic heterocycles. The summed E-state index contributed by atoms with van der Waals surface area (Å²) in [6.45, 7) is -0.158. The standard InChI is InChI=1S/C29H30FN5O3/c1-38-24-11-7-8-20(18-24)28(29(37)31-22-9-3-2-4-10-22)35(23-16-14-21(30)15-17-23)27(36)19-34-26-13-6-5-12-25(26)32-33-34/h5-8,11-18,22,28H,2-4,9-10,19H2,1H3,(H,31,37)/t28-/m0/s1. The summed E-state index contributed by atoms with van der Waals surface area (Å²) in [6, 6.07) is 19.1. The Kier molecular flexibility index (Phi) is 7.62. The van der Waals surface area contributed by atoms with Crippen molar-refractivity contribution in [1.82, 2.24) is 20.3 Å². The SMILES string of the molecule is COc1cccc([C@@H](C(=O)NC2CCCCC2)N(C(=O)Cn2nnc3ccccc32)c2ccc(F)cc2)c1. The number of para-hydroxylation sites is 1. The van der Waals surface area contributed by atoms with E-state index in [9.17, 15) is 14.0 Å². The molecule has 1 aliphatic carbocycles. The highest BCUT2D eigenvalue weighted by molar-refractivity contribution is 6.01. The van der Waals surface area contributed by atoms with Crippen molar-refractivity contribution in [3.8, 4) is 5.75 Å². The molecule has 9 heteroatoms. The van der Waals surface area contributed by atoms with Crippen LogP contribution in [0.15, 0.2) is 72.8 Å². The maximum atomic E-state index is 14.0. The molecule has 38 heavy (non-hydrogen) atoms. The van der Waals surface area contributed by atoms with E-state index in [4.69, 9.17) is 4.74 Å². The van der Waals surface area contributed by atoms with Crippen molar-refractivity contribution in [2.24, 2.45) is 0 Å². The third kappa shape index (κ3) is 5.51. The van der Waals surface area contributed by atoms with Crippen LogP contribution in [-0.4, -0.2) is 40.0 Å². The number of rotatable bonds is 8. The average molecular weight is 516 g/mol. The van der Waals surface area contributed by atoms with Crippen molar-refractivity contribution in [2.75, 3.05) is 12.0 Å². The number of hydrogen-bond donors (Lipinski definition) is 1. The van der Waals surface area contributed by atoms with Crippen LogP contribution in [0.1, 0.15) is 43.7 Å². The van der Waals surface area contributed by atoms with E-state index in [0.29, 0.717) is 28.0 Å². The Morgan fingerprint density at radius 2 is 1.82 bits per heavy atom. The van der Waals surface area contributed by atoms with Gasteiger partial charge < -0.3 is 10.1 Å². The maximum Gasteiger partial charge on any atom is 0.249 e. The summed E-state index contributed by atoms with van der Waals surface area (Å²) in [4.78, 5) is 29.4. The number of fused-ring (bicyclic) bond motifs is 1. The number of nitrogens with zero attached hydrogens (tertiary/aromatic N) is 4. The molecule has 196 valence electrons. The fourth-order valence-corrected chi connectivity index (χ4v) is 5.03. The van der Waals surface area contributed by atoms with E-state index in [2.05, 4.69) is 15.6 Å². The van der Waals surface area contributed by atoms with Gasteiger partial charge in [0.2, 0.25) is 11.8 Å². The predicted octanol–water partition coefficient (Wildman–Crippen LogP) is 4.80. The van der Waals surface area contributed by atoms with Crippen molar-refractivity contribution in [2.45, 2.75) is 50.7 Å². The van der Waals surface area contributed by atoms with Crippen LogP contribution < -0.4 is 15.0 Å². The second-order valence-electron chi connectivity index (χ2n) is 9.50. The molecule has 1 aliphatic rings. The lowest BCUT2D eigenvalue weighted by Gasteiger charge is -2.33. The van der Waals surface area contributed by atoms with Gasteiger partial charge in [0.1, 0.15) is 29.7 Å². The highest BCUT2D eigenvalue weighted by atomic mass is 19.1. The third-order valence-corrected chi connectivity index (χ3v) is 6.95. The molecule has 0 radical (unpaired) electrons. The van der Waals surface area contributed by atoms with E-state index in [1.807, 2.05) is 24.3 Å². The van der Waals surface area contributed by atoms with Gasteiger partial charge in [-0.1, -0.05) is 48.7 Å². The number of aromatic nitrogens is 3. The largest absolute Gasteiger partial charge is 0.497 e. The Bertz CT molecular complexity index is 1420. The van der Waals surface area contributed by atoms with Crippen LogP contribution in [0.2, 0.25) is 0 Å². The number of amides is 2. The van der Waals surface area contributed by atoms with Gasteiger partial charge in [0.15, 0.2) is 0 Å². The number of ether oxygens (including phenoxy) is 1. The first-order valence-corrected chi connectivity index (χ1v) is 12.8. The summed E-state index contributed by atoms with van der Waals surface area (Å²) >= 11 is 0. The molecule has 0 aliphatic heterocycles. The van der Waals surface area contributed by atoms with Crippen LogP contribution in [0.25, 0.3) is 11.0 Å². The van der Waals surface area contributed by atoms with Gasteiger partial charge in [-0.15, -0.1) is 5.10 Å². The molecule has 3 aromatic carbocycles. The Labute approximate surface area is 220 Å². The van der Waals surface area contributed by atoms with E-state index < -0.39 is 11.9 Å². The molecule has 1 atom stereocenters. The van der Waals surface area contributed by atoms with Gasteiger partial charge in [-0.25, -0.2) is 9.07 Å². The molecule has 1 N–H and O–H groups in total. The van der Waals surface area contributed by atoms with E-state index in [1.54, 1.807) is 31.4 Å². The van der Waals surface area contributed by atoms with Gasteiger partial charge in [0, 0.05) is 11.7 Å². The van der Waals surface area contributed by atoms with Crippen molar-refractivity contribution in [1.29, 1.82) is 0 Å². The minimum atomic E-state index is -1.01. The summed E-state index contributed by atoms with van der Waals surface area (Å²) < 4.78 is 20.8. The zero-order valence-corrected chi connectivity index (χ0v) is 21.2. The summed E-state index contributed by atoms with van der Waals surface area (Å²) in [7, 11) is 1.55. The second-order valence-corrected chi connectivity index (χ2v) is 9.50. The molecular formula is C29H30FN5O3. The maximum absolute atomic E-state index is 14.0. The Hall–Kier alpha value is -4.27. The lowest BCUT2D eigenvalue weighted by atomic mass is 9.94. The molecule has 1 fully saturated rings. The van der Waals surface area contributed by atoms with Crippen molar-refractivity contribution in [3.63, 3.8) is 0 Å². The molecule has 0 bridgehead atoms. The lowest BCUT2D eigenvalue weighted by molar-refractivity contribution is -0.127. The number of halogens is 1. The monoisotopic (exact) mass is 515 g/mol. The topological polar surface area (TPSA) is 89.4 Å². The van der Waals surface area contributed by atoms with Gasteiger partial charge in [-0.2, -0.15) is 0 Å². The molecular weight excluding hydrogens is 485 g/mol. The highest BCUT2D eigenvalue weighted by Crippen LogP contribution is 2.31. The third-order valence-electron chi connectivity index (χ3n) is 6.95. The first-order chi connectivity index (χ1) is 18.5. The second kappa shape index (κ2) is 11.4. The summed E-state index contributed by atoms with van der Waals surface area (Å²) in [6.07, 6.45) is 5.04. The molecule has 1 saturated carbocycles. The van der Waals surface area contributed by atoms with Crippen LogP contribution in [0, 0.1) is 5.82 Å². The first-order valence-electron chi connectivity index (χ1n) is 12.8. The fourth-order valence-electron chi connectivity index (χ4n) is 5.03. The minimum Gasteiger partial charge on any atom is -0.497 e. The highest BCUT2D eigenvalue weighted by Gasteiger charge is 2.34. The van der Waals surface area contributed by atoms with Crippen molar-refractivity contribution < 1.29 is 18.7 Å². The molecule has 0 spiro atoms. The Balaban J connectivity index is 1.57. The number of anilines is 1. The van der Waals surface area contributed by atoms with Gasteiger partial charge in [0.05, 0.1) is 12.6 Å². The van der Waals surface area contributed by atoms with Gasteiger partial charge >= 0.3 is 0 Å². The van der Waals surface area contributed by atoms with Crippen LogP contribution in [0.5, 0.6) is 5.75 Å². The van der Waals surface area contributed by atoms with Crippen LogP contribution in [0.3, 0.4) is 0 Å². The summed E-state index contributed by atoms with van der Waals surface area (Å²) in [5.74, 6) is -0.565. The molecule has 0 saturated heterocycles. The lowest BCUT2D eigenvalue weighted by Crippen LogP contribution is -2.48. The van der Waals surface area contributed by atoms with E-state index in [1.165, 1.54) is 33.8 Å². The molecule has 0 unspecified atom stereocenters. The van der Waals surface area contributed by atoms with E-state index in [-0.39, 0.29) is 24.4 Å². The zero-order valence-electron chi connectivity index (χ0n) is 21.2. The molecule has 5 rings (SSSR count). The van der Waals surface area contributed by atoms with Gasteiger partial charge in [-0.3, -0.25) is 14.5 Å². The van der Waals surface area contributed by atoms with Crippen molar-refractivity contribution >= 4 is 28.5 Å². The van der Waals surface area contributed by atoms with Gasteiger partial charge in [0.25, 0.3) is 0 Å². The Morgan fingerprint density at radius 1 is 1.05 bits per heavy atom. The fraction of sp³-hybridized carbons (Fsp3) is 0.310. The number of carbonyl (C=O) groups excluding carboxylic acids is 2. The van der Waals surface area contributed by atoms with Gasteiger partial charge in [-0.05, 0) is 66.9 Å². The number of hydrogen-bond acceptors (Lipinski definition) is 5. The number of benzene rings is 3. The Morgan fingerprint density at radius 3 is 2.58 bits per heavy atom. The van der Waals surface area contributed by atoms with Crippen LogP contribution >= 0.6 is 0 Å². The number of methoxy groups -OCH3 is 1. The van der Waals surface area contributed by atoms with E-state index in [0.717, 1.165) is 32.1 Å². The number of nitrogens with one attached hydrogen (secondary N) is 1. The summed E-state index contributed by atoms with van der Waals surface area (Å²) in [5, 5.41) is 11.5. The normalized spacial score (nSPS) is 14.7. The average Bonchev–Trinajstić information content (AvgIpc) is 3.35. The molecule has 4 aromatic rings. The van der Waals surface area contributed by atoms with E-state index >= 15 is 0 Å². The minimum absolute atomic E-state index is 0.0359. The summed E-state index contributed by atoms with van der Waals surface area (Å²) in [5.41, 5.74) is 2.34. The smallest absolute Gasteiger partial charge is 0.249 e. The van der Waals surface area contributed by atoms with Crippen LogP contribution in [-0.2, 0) is 16.1 Å². The molecule has 2 amide bonds. The van der Waals surface area contributed by atoms with Crippen LogP contribution in [0.4, 0.5) is 10.1 Å². The zero-order chi connectivity index (χ0) is 26.5. The predicted molar refractivity (Wildman–Crippen MR) is 142 cm³/mol. The molecule has 8 nitrogen and oxygen atoms in total. The molecule has 1 heterocycles. The number of carbonyl (C=O) groups is 2. The first kappa shape index (κ1) is 25.4. The quantitative estimate of drug-likeness (QED) is 0.364.